The normalized spacial score (nSPS) is 11.3. The number of hydrogen-bond acceptors (Lipinski definition) is 2. The number of halogens is 4. The molecule has 0 aliphatic carbocycles. The molecule has 0 radical (unpaired) electrons. The average molecular weight is 356 g/mol. The van der Waals surface area contributed by atoms with Crippen molar-refractivity contribution < 1.29 is 27.5 Å². The van der Waals surface area contributed by atoms with Crippen molar-refractivity contribution in [1.29, 1.82) is 0 Å². The van der Waals surface area contributed by atoms with Crippen LogP contribution in [0.4, 0.5) is 33.7 Å². The van der Waals surface area contributed by atoms with E-state index in [1.165, 1.54) is 6.07 Å². The monoisotopic (exact) mass is 356 g/mol. The second kappa shape index (κ2) is 7.00. The molecular formula is C17H16F4N2O2. The number of hydrogen-bond donors (Lipinski definition) is 3. The van der Waals surface area contributed by atoms with Crippen molar-refractivity contribution in [2.24, 2.45) is 0 Å². The van der Waals surface area contributed by atoms with E-state index in [2.05, 4.69) is 10.6 Å². The van der Waals surface area contributed by atoms with Crippen LogP contribution in [0.1, 0.15) is 22.3 Å². The molecule has 0 aliphatic rings. The molecule has 8 heteroatoms. The molecule has 0 fully saturated rings. The number of aryl methyl sites for hydroxylation is 2. The highest BCUT2D eigenvalue weighted by Crippen LogP contribution is 2.32. The van der Waals surface area contributed by atoms with Gasteiger partial charge in [0.15, 0.2) is 0 Å². The molecule has 2 rings (SSSR count). The number of amides is 1. The van der Waals surface area contributed by atoms with E-state index in [1.54, 1.807) is 26.0 Å². The van der Waals surface area contributed by atoms with Gasteiger partial charge in [0.25, 0.3) is 0 Å². The summed E-state index contributed by atoms with van der Waals surface area (Å²) in [5.41, 5.74) is 1.54. The first-order chi connectivity index (χ1) is 11.6. The zero-order chi connectivity index (χ0) is 18.8. The Kier molecular flexibility index (Phi) is 5.20. The van der Waals surface area contributed by atoms with Crippen molar-refractivity contribution >= 4 is 17.5 Å². The molecule has 2 aromatic carbocycles. The Labute approximate surface area is 141 Å². The summed E-state index contributed by atoms with van der Waals surface area (Å²) in [7, 11) is 0. The molecule has 0 heterocycles. The molecule has 0 aromatic heterocycles. The maximum Gasteiger partial charge on any atom is 0.419 e. The topological polar surface area (TPSA) is 61.4 Å². The third-order valence-electron chi connectivity index (χ3n) is 3.60. The van der Waals surface area contributed by atoms with Crippen molar-refractivity contribution in [3.63, 3.8) is 0 Å². The summed E-state index contributed by atoms with van der Waals surface area (Å²) in [6.07, 6.45) is -5.90. The van der Waals surface area contributed by atoms with Crippen molar-refractivity contribution in [2.45, 2.75) is 26.6 Å². The lowest BCUT2D eigenvalue weighted by Crippen LogP contribution is -2.11. The predicted molar refractivity (Wildman–Crippen MR) is 86.3 cm³/mol. The summed E-state index contributed by atoms with van der Waals surface area (Å²) in [6, 6.07) is 6.15. The number of alkyl halides is 3. The number of carbonyl (C=O) groups is 1. The van der Waals surface area contributed by atoms with Gasteiger partial charge in [-0.2, -0.15) is 13.2 Å². The zero-order valence-corrected chi connectivity index (χ0v) is 13.5. The zero-order valence-electron chi connectivity index (χ0n) is 13.5. The number of rotatable bonds is 4. The molecular weight excluding hydrogens is 340 g/mol. The van der Waals surface area contributed by atoms with Gasteiger partial charge in [0.05, 0.1) is 5.56 Å². The predicted octanol–water partition coefficient (Wildman–Crippen LogP) is 5.16. The fourth-order valence-electron chi connectivity index (χ4n) is 2.47. The van der Waals surface area contributed by atoms with Gasteiger partial charge < -0.3 is 10.4 Å². The van der Waals surface area contributed by atoms with E-state index in [0.29, 0.717) is 34.1 Å². The fraction of sp³-hybridized carbons (Fsp3) is 0.235. The second-order valence-corrected chi connectivity index (χ2v) is 5.58. The van der Waals surface area contributed by atoms with Crippen LogP contribution >= 0.6 is 0 Å². The van der Waals surface area contributed by atoms with Crippen LogP contribution in [0.15, 0.2) is 30.3 Å². The van der Waals surface area contributed by atoms with Gasteiger partial charge in [-0.15, -0.1) is 0 Å². The van der Waals surface area contributed by atoms with Crippen LogP contribution in [-0.2, 0) is 12.7 Å². The Bertz CT molecular complexity index is 781. The summed E-state index contributed by atoms with van der Waals surface area (Å²) < 4.78 is 51.2. The molecule has 0 saturated carbocycles. The lowest BCUT2D eigenvalue weighted by Gasteiger charge is -2.14. The Morgan fingerprint density at radius 1 is 1.12 bits per heavy atom. The molecule has 0 saturated heterocycles. The maximum atomic E-state index is 13.6. The third kappa shape index (κ3) is 4.62. The molecule has 3 N–H and O–H groups in total. The van der Waals surface area contributed by atoms with E-state index in [0.717, 1.165) is 6.07 Å². The Balaban J connectivity index is 2.14. The van der Waals surface area contributed by atoms with Gasteiger partial charge in [-0.3, -0.25) is 5.32 Å². The molecule has 0 bridgehead atoms. The minimum atomic E-state index is -4.72. The summed E-state index contributed by atoms with van der Waals surface area (Å²) in [6.45, 7) is 3.57. The first-order valence-corrected chi connectivity index (χ1v) is 7.28. The van der Waals surface area contributed by atoms with E-state index in [4.69, 9.17) is 5.11 Å². The van der Waals surface area contributed by atoms with Crippen LogP contribution in [0, 0.1) is 19.7 Å². The minimum Gasteiger partial charge on any atom is -0.465 e. The van der Waals surface area contributed by atoms with Crippen LogP contribution in [0.25, 0.3) is 0 Å². The van der Waals surface area contributed by atoms with Gasteiger partial charge in [-0.1, -0.05) is 6.07 Å². The van der Waals surface area contributed by atoms with E-state index in [-0.39, 0.29) is 6.54 Å². The number of benzene rings is 2. The number of nitrogens with one attached hydrogen (secondary N) is 2. The van der Waals surface area contributed by atoms with Gasteiger partial charge in [-0.25, -0.2) is 9.18 Å². The average Bonchev–Trinajstić information content (AvgIpc) is 2.47. The van der Waals surface area contributed by atoms with Crippen molar-refractivity contribution in [2.75, 3.05) is 10.6 Å². The van der Waals surface area contributed by atoms with Gasteiger partial charge in [-0.05, 0) is 54.8 Å². The molecule has 4 nitrogen and oxygen atoms in total. The highest BCUT2D eigenvalue weighted by molar-refractivity contribution is 5.86. The lowest BCUT2D eigenvalue weighted by atomic mass is 10.1. The highest BCUT2D eigenvalue weighted by atomic mass is 19.4. The Morgan fingerprint density at radius 3 is 2.20 bits per heavy atom. The van der Waals surface area contributed by atoms with Crippen molar-refractivity contribution in [3.8, 4) is 0 Å². The largest absolute Gasteiger partial charge is 0.465 e. The molecule has 0 atom stereocenters. The molecule has 134 valence electrons. The second-order valence-electron chi connectivity index (χ2n) is 5.58. The lowest BCUT2D eigenvalue weighted by molar-refractivity contribution is -0.140. The Morgan fingerprint density at radius 2 is 1.72 bits per heavy atom. The summed E-state index contributed by atoms with van der Waals surface area (Å²) in [4.78, 5) is 10.8. The highest BCUT2D eigenvalue weighted by Gasteiger charge is 2.33. The van der Waals surface area contributed by atoms with E-state index in [1.807, 2.05) is 0 Å². The van der Waals surface area contributed by atoms with Gasteiger partial charge in [0.1, 0.15) is 5.82 Å². The summed E-state index contributed by atoms with van der Waals surface area (Å²) in [5, 5.41) is 14.1. The first kappa shape index (κ1) is 18.6. The smallest absolute Gasteiger partial charge is 0.419 e. The first-order valence-electron chi connectivity index (χ1n) is 7.28. The van der Waals surface area contributed by atoms with Gasteiger partial charge in [0, 0.05) is 17.9 Å². The van der Waals surface area contributed by atoms with Crippen LogP contribution < -0.4 is 10.6 Å². The quantitative estimate of drug-likeness (QED) is 0.663. The number of carboxylic acid groups (broad SMARTS) is 1. The third-order valence-corrected chi connectivity index (χ3v) is 3.60. The van der Waals surface area contributed by atoms with E-state index in [9.17, 15) is 22.4 Å². The molecule has 0 unspecified atom stereocenters. The van der Waals surface area contributed by atoms with E-state index >= 15 is 0 Å². The van der Waals surface area contributed by atoms with Gasteiger partial charge >= 0.3 is 12.3 Å². The van der Waals surface area contributed by atoms with Gasteiger partial charge in [0.2, 0.25) is 0 Å². The molecule has 2 aromatic rings. The number of anilines is 2. The van der Waals surface area contributed by atoms with Crippen LogP contribution in [0.2, 0.25) is 0 Å². The SMILES string of the molecule is Cc1cc(NCc2ccc(C(F)(F)F)c(F)c2)cc(C)c1NC(=O)O. The van der Waals surface area contributed by atoms with Crippen LogP contribution in [0.5, 0.6) is 0 Å². The summed E-state index contributed by atoms with van der Waals surface area (Å²) >= 11 is 0. The minimum absolute atomic E-state index is 0.125. The van der Waals surface area contributed by atoms with Crippen LogP contribution in [-0.4, -0.2) is 11.2 Å². The maximum absolute atomic E-state index is 13.6. The van der Waals surface area contributed by atoms with Crippen LogP contribution in [0.3, 0.4) is 0 Å². The standard InChI is InChI=1S/C17H16F4N2O2/c1-9-5-12(6-10(2)15(9)23-16(24)25)22-8-11-3-4-13(14(18)7-11)17(19,20)21/h3-7,22-23H,8H2,1-2H3,(H,24,25). The molecule has 0 aliphatic heterocycles. The summed E-state index contributed by atoms with van der Waals surface area (Å²) in [5.74, 6) is -1.32. The molecule has 0 spiro atoms. The van der Waals surface area contributed by atoms with E-state index < -0.39 is 23.7 Å². The fourth-order valence-corrected chi connectivity index (χ4v) is 2.47. The molecule has 25 heavy (non-hydrogen) atoms. The Hall–Kier alpha value is -2.77. The van der Waals surface area contributed by atoms with Crippen molar-refractivity contribution in [3.05, 3.63) is 58.4 Å². The molecule has 1 amide bonds. The van der Waals surface area contributed by atoms with Crippen molar-refractivity contribution in [1.82, 2.24) is 0 Å².